The molecule has 0 atom stereocenters. The van der Waals surface area contributed by atoms with Gasteiger partial charge in [-0.1, -0.05) is 42.8 Å². The second kappa shape index (κ2) is 7.26. The van der Waals surface area contributed by atoms with Crippen LogP contribution in [0.3, 0.4) is 0 Å². The summed E-state index contributed by atoms with van der Waals surface area (Å²) in [5.41, 5.74) is 10.6. The van der Waals surface area contributed by atoms with Crippen LogP contribution < -0.4 is 5.73 Å². The van der Waals surface area contributed by atoms with Crippen LogP contribution in [-0.2, 0) is 13.0 Å². The molecule has 3 aromatic rings. The summed E-state index contributed by atoms with van der Waals surface area (Å²) in [7, 11) is 0. The third kappa shape index (κ3) is 3.33. The molecule has 0 spiro atoms. The average molecular weight is 369 g/mol. The molecule has 0 unspecified atom stereocenters. The van der Waals surface area contributed by atoms with Crippen LogP contribution in [0.1, 0.15) is 34.2 Å². The van der Waals surface area contributed by atoms with Gasteiger partial charge in [0.25, 0.3) is 5.91 Å². The van der Waals surface area contributed by atoms with Crippen LogP contribution >= 0.6 is 11.6 Å². The van der Waals surface area contributed by atoms with E-state index in [-0.39, 0.29) is 5.75 Å². The minimum absolute atomic E-state index is 0.153. The normalized spacial score (nSPS) is 10.9. The number of phenols is 1. The van der Waals surface area contributed by atoms with Crippen molar-refractivity contribution < 1.29 is 9.90 Å². The zero-order valence-electron chi connectivity index (χ0n) is 14.8. The number of halogens is 1. The number of aromatic hydroxyl groups is 1. The number of carbonyl (C=O) groups is 1. The molecule has 0 saturated carbocycles. The van der Waals surface area contributed by atoms with Crippen LogP contribution in [0.4, 0.5) is 0 Å². The van der Waals surface area contributed by atoms with Crippen LogP contribution in [0.5, 0.6) is 5.75 Å². The lowest BCUT2D eigenvalue weighted by molar-refractivity contribution is 0.1000. The van der Waals surface area contributed by atoms with E-state index in [0.717, 1.165) is 34.5 Å². The number of hydrogen-bond donors (Lipinski definition) is 2. The molecule has 0 aliphatic rings. The quantitative estimate of drug-likeness (QED) is 0.694. The largest absolute Gasteiger partial charge is 0.508 e. The molecule has 3 N–H and O–H groups in total. The Hall–Kier alpha value is -2.72. The van der Waals surface area contributed by atoms with Crippen molar-refractivity contribution in [1.29, 1.82) is 0 Å². The van der Waals surface area contributed by atoms with Crippen LogP contribution in [0.25, 0.3) is 11.1 Å². The first-order valence-corrected chi connectivity index (χ1v) is 8.85. The Balaban J connectivity index is 2.23. The van der Waals surface area contributed by atoms with E-state index in [0.29, 0.717) is 17.1 Å². The summed E-state index contributed by atoms with van der Waals surface area (Å²) >= 11 is 6.11. The third-order valence-corrected chi connectivity index (χ3v) is 4.81. The molecule has 0 radical (unpaired) electrons. The summed E-state index contributed by atoms with van der Waals surface area (Å²) in [4.78, 5) is 12.2. The molecule has 0 aliphatic heterocycles. The summed E-state index contributed by atoms with van der Waals surface area (Å²) in [5, 5.41) is 10.5. The smallest absolute Gasteiger partial charge is 0.251 e. The van der Waals surface area contributed by atoms with E-state index in [4.69, 9.17) is 17.3 Å². The lowest BCUT2D eigenvalue weighted by Crippen LogP contribution is -2.13. The molecule has 0 bridgehead atoms. The Kier molecular flexibility index (Phi) is 5.05. The summed E-state index contributed by atoms with van der Waals surface area (Å²) in [6, 6.07) is 14.6. The molecule has 2 aromatic carbocycles. The number of nitrogens with two attached hydrogens (primary N) is 1. The van der Waals surface area contributed by atoms with Gasteiger partial charge in [-0.3, -0.25) is 4.79 Å². The predicted octanol–water partition coefficient (Wildman–Crippen LogP) is 4.53. The van der Waals surface area contributed by atoms with Crippen LogP contribution in [0.15, 0.2) is 48.5 Å². The highest BCUT2D eigenvalue weighted by Crippen LogP contribution is 2.35. The first kappa shape index (κ1) is 18.1. The molecule has 1 aromatic heterocycles. The van der Waals surface area contributed by atoms with Crippen molar-refractivity contribution in [3.63, 3.8) is 0 Å². The molecule has 134 valence electrons. The highest BCUT2D eigenvalue weighted by molar-refractivity contribution is 6.30. The van der Waals surface area contributed by atoms with Gasteiger partial charge >= 0.3 is 0 Å². The molecule has 1 heterocycles. The number of phenolic OH excluding ortho intramolecular Hbond substituents is 1. The standard InChI is InChI=1S/C21H21ClN2O2/c1-3-18-20(15-7-5-9-17(25)11-15)19(21(23)26)13(2)24(18)12-14-6-4-8-16(22)10-14/h4-11,25H,3,12H2,1-2H3,(H2,23,26). The predicted molar refractivity (Wildman–Crippen MR) is 105 cm³/mol. The third-order valence-electron chi connectivity index (χ3n) is 4.58. The van der Waals surface area contributed by atoms with Crippen LogP contribution in [0, 0.1) is 6.92 Å². The molecule has 0 fully saturated rings. The van der Waals surface area contributed by atoms with E-state index in [2.05, 4.69) is 4.57 Å². The first-order valence-electron chi connectivity index (χ1n) is 8.48. The average Bonchev–Trinajstić information content (AvgIpc) is 2.87. The van der Waals surface area contributed by atoms with Crippen molar-refractivity contribution in [2.45, 2.75) is 26.8 Å². The van der Waals surface area contributed by atoms with Gasteiger partial charge in [0.1, 0.15) is 5.75 Å². The molecular formula is C21H21ClN2O2. The highest BCUT2D eigenvalue weighted by atomic mass is 35.5. The van der Waals surface area contributed by atoms with Crippen LogP contribution in [0.2, 0.25) is 5.02 Å². The zero-order valence-corrected chi connectivity index (χ0v) is 15.5. The van der Waals surface area contributed by atoms with E-state index in [1.54, 1.807) is 18.2 Å². The molecule has 4 nitrogen and oxygen atoms in total. The second-order valence-corrected chi connectivity index (χ2v) is 6.70. The number of primary amides is 1. The fourth-order valence-corrected chi connectivity index (χ4v) is 3.68. The monoisotopic (exact) mass is 368 g/mol. The Morgan fingerprint density at radius 3 is 2.54 bits per heavy atom. The van der Waals surface area contributed by atoms with Gasteiger partial charge in [-0.2, -0.15) is 0 Å². The summed E-state index contributed by atoms with van der Waals surface area (Å²) < 4.78 is 2.10. The molecule has 3 rings (SSSR count). The lowest BCUT2D eigenvalue weighted by atomic mass is 9.98. The Morgan fingerprint density at radius 1 is 1.19 bits per heavy atom. The SMILES string of the molecule is CCc1c(-c2cccc(O)c2)c(C(N)=O)c(C)n1Cc1cccc(Cl)c1. The van der Waals surface area contributed by atoms with Crippen molar-refractivity contribution in [3.8, 4) is 16.9 Å². The number of nitrogens with zero attached hydrogens (tertiary/aromatic N) is 1. The van der Waals surface area contributed by atoms with E-state index in [1.807, 2.05) is 44.2 Å². The molecule has 0 saturated heterocycles. The van der Waals surface area contributed by atoms with Gasteiger partial charge in [0.15, 0.2) is 0 Å². The van der Waals surface area contributed by atoms with Gasteiger partial charge in [-0.05, 0) is 48.7 Å². The van der Waals surface area contributed by atoms with Crippen LogP contribution in [-0.4, -0.2) is 15.6 Å². The van der Waals surface area contributed by atoms with Gasteiger partial charge in [0, 0.05) is 28.5 Å². The minimum atomic E-state index is -0.472. The number of carbonyl (C=O) groups excluding carboxylic acids is 1. The Bertz CT molecular complexity index is 976. The summed E-state index contributed by atoms with van der Waals surface area (Å²) in [5.74, 6) is -0.319. The maximum absolute atomic E-state index is 12.2. The van der Waals surface area contributed by atoms with Crippen molar-refractivity contribution in [1.82, 2.24) is 4.57 Å². The number of hydrogen-bond acceptors (Lipinski definition) is 2. The van der Waals surface area contributed by atoms with Gasteiger partial charge in [0.05, 0.1) is 5.56 Å². The molecule has 5 heteroatoms. The summed E-state index contributed by atoms with van der Waals surface area (Å²) in [6.45, 7) is 4.53. The van der Waals surface area contributed by atoms with Gasteiger partial charge in [-0.15, -0.1) is 0 Å². The summed E-state index contributed by atoms with van der Waals surface area (Å²) in [6.07, 6.45) is 0.722. The van der Waals surface area contributed by atoms with E-state index < -0.39 is 5.91 Å². The number of amides is 1. The van der Waals surface area contributed by atoms with Crippen molar-refractivity contribution in [2.75, 3.05) is 0 Å². The topological polar surface area (TPSA) is 68.2 Å². The van der Waals surface area contributed by atoms with E-state index in [1.165, 1.54) is 0 Å². The number of benzene rings is 2. The van der Waals surface area contributed by atoms with Crippen molar-refractivity contribution in [3.05, 3.63) is 76.1 Å². The van der Waals surface area contributed by atoms with Crippen molar-refractivity contribution >= 4 is 17.5 Å². The fourth-order valence-electron chi connectivity index (χ4n) is 3.47. The number of rotatable bonds is 5. The van der Waals surface area contributed by atoms with E-state index >= 15 is 0 Å². The zero-order chi connectivity index (χ0) is 18.8. The Morgan fingerprint density at radius 2 is 1.92 bits per heavy atom. The van der Waals surface area contributed by atoms with Crippen molar-refractivity contribution in [2.24, 2.45) is 5.73 Å². The maximum atomic E-state index is 12.2. The highest BCUT2D eigenvalue weighted by Gasteiger charge is 2.24. The molecular weight excluding hydrogens is 348 g/mol. The molecule has 26 heavy (non-hydrogen) atoms. The number of aromatic nitrogens is 1. The minimum Gasteiger partial charge on any atom is -0.508 e. The maximum Gasteiger partial charge on any atom is 0.251 e. The molecule has 1 amide bonds. The van der Waals surface area contributed by atoms with Gasteiger partial charge in [0.2, 0.25) is 0 Å². The fraction of sp³-hybridized carbons (Fsp3) is 0.190. The first-order chi connectivity index (χ1) is 12.4. The second-order valence-electron chi connectivity index (χ2n) is 6.27. The lowest BCUT2D eigenvalue weighted by Gasteiger charge is -2.12. The van der Waals surface area contributed by atoms with Gasteiger partial charge in [-0.25, -0.2) is 0 Å². The Labute approximate surface area is 157 Å². The van der Waals surface area contributed by atoms with Gasteiger partial charge < -0.3 is 15.4 Å². The van der Waals surface area contributed by atoms with E-state index in [9.17, 15) is 9.90 Å². The molecule has 0 aliphatic carbocycles.